The molecule has 5 aromatic heterocycles. The first kappa shape index (κ1) is 44.3. The van der Waals surface area contributed by atoms with Gasteiger partial charge in [-0.2, -0.15) is 0 Å². The van der Waals surface area contributed by atoms with E-state index in [2.05, 4.69) is 60.9 Å². The van der Waals surface area contributed by atoms with Crippen LogP contribution in [0, 0.1) is 0 Å². The summed E-state index contributed by atoms with van der Waals surface area (Å²) in [5.41, 5.74) is 4.57. The first-order chi connectivity index (χ1) is 31.5. The lowest BCUT2D eigenvalue weighted by molar-refractivity contribution is -0.170. The number of piperazine rings is 2. The molecule has 4 aliphatic heterocycles. The molecule has 4 saturated heterocycles. The molecule has 0 spiro atoms. The fraction of sp³-hybridized carbons (Fsp3) is 0.489. The minimum absolute atomic E-state index is 0.0534. The van der Waals surface area contributed by atoms with Crippen LogP contribution < -0.4 is 26.4 Å². The molecule has 2 bridgehead atoms. The number of halogens is 1. The molecule has 0 aromatic carbocycles. The molecule has 5 fully saturated rings. The fourth-order valence-electron chi connectivity index (χ4n) is 9.35. The Labute approximate surface area is 381 Å². The molecule has 5 aliphatic rings. The van der Waals surface area contributed by atoms with Crippen molar-refractivity contribution in [2.45, 2.75) is 63.3 Å². The van der Waals surface area contributed by atoms with Gasteiger partial charge >= 0.3 is 0 Å². The first-order valence-electron chi connectivity index (χ1n) is 22.5. The molecule has 5 aromatic rings. The van der Waals surface area contributed by atoms with Gasteiger partial charge in [0.1, 0.15) is 11.4 Å². The van der Waals surface area contributed by atoms with Crippen LogP contribution in [0.25, 0.3) is 11.0 Å². The van der Waals surface area contributed by atoms with Gasteiger partial charge < -0.3 is 35.5 Å². The molecule has 342 valence electrons. The predicted octanol–water partition coefficient (Wildman–Crippen LogP) is 2.34. The van der Waals surface area contributed by atoms with Crippen molar-refractivity contribution in [3.8, 4) is 0 Å². The number of amides is 3. The molecule has 3 amide bonds. The van der Waals surface area contributed by atoms with Gasteiger partial charge in [0.2, 0.25) is 5.91 Å². The van der Waals surface area contributed by atoms with Crippen LogP contribution in [0.1, 0.15) is 64.7 Å². The van der Waals surface area contributed by atoms with Crippen molar-refractivity contribution in [2.24, 2.45) is 0 Å². The Morgan fingerprint density at radius 2 is 1.69 bits per heavy atom. The van der Waals surface area contributed by atoms with Crippen molar-refractivity contribution < 1.29 is 19.1 Å². The van der Waals surface area contributed by atoms with Crippen LogP contribution in [0.5, 0.6) is 0 Å². The maximum Gasteiger partial charge on any atom is 0.272 e. The zero-order valence-electron chi connectivity index (χ0n) is 36.6. The molecule has 1 aliphatic carbocycles. The van der Waals surface area contributed by atoms with Gasteiger partial charge in [-0.3, -0.25) is 38.6 Å². The highest BCUT2D eigenvalue weighted by Gasteiger charge is 2.51. The third kappa shape index (κ3) is 10.3. The molecule has 4 N–H and O–H groups in total. The fourth-order valence-corrected chi connectivity index (χ4v) is 9.55. The van der Waals surface area contributed by atoms with Gasteiger partial charge in [0.05, 0.1) is 65.6 Å². The van der Waals surface area contributed by atoms with Crippen molar-refractivity contribution in [2.75, 3.05) is 88.8 Å². The zero-order chi connectivity index (χ0) is 45.0. The topological polar surface area (TPSA) is 212 Å². The second-order valence-corrected chi connectivity index (χ2v) is 18.0. The lowest BCUT2D eigenvalue weighted by Gasteiger charge is -2.54. The van der Waals surface area contributed by atoms with Crippen molar-refractivity contribution in [3.63, 3.8) is 0 Å². The number of carbonyl (C=O) groups excluding carboxylic acids is 3. The van der Waals surface area contributed by atoms with E-state index in [1.807, 2.05) is 37.4 Å². The molecule has 0 unspecified atom stereocenters. The van der Waals surface area contributed by atoms with E-state index in [0.29, 0.717) is 63.7 Å². The third-order valence-electron chi connectivity index (χ3n) is 13.3. The van der Waals surface area contributed by atoms with Gasteiger partial charge in [-0.1, -0.05) is 23.7 Å². The van der Waals surface area contributed by atoms with Crippen LogP contribution in [0.15, 0.2) is 66.0 Å². The number of anilines is 2. The van der Waals surface area contributed by atoms with Crippen LogP contribution in [0.4, 0.5) is 11.4 Å². The van der Waals surface area contributed by atoms with E-state index in [0.717, 1.165) is 92.8 Å². The summed E-state index contributed by atoms with van der Waals surface area (Å²) in [6.07, 6.45) is 11.0. The molecule has 9 heterocycles. The molecule has 19 nitrogen and oxygen atoms in total. The van der Waals surface area contributed by atoms with E-state index >= 15 is 0 Å². The van der Waals surface area contributed by atoms with Gasteiger partial charge in [-0.15, -0.1) is 5.10 Å². The average Bonchev–Trinajstić information content (AvgIpc) is 3.86. The molecular weight excluding hydrogens is 852 g/mol. The maximum atomic E-state index is 13.5. The average molecular weight is 907 g/mol. The standard InChI is InChI=1S/C45H55ClN14O5/c1-2-32-24-37-38(53-41(32)62)23-31(25-48-37)28-56-15-19-58(20-16-56)33-3-4-35(49-26-33)42(63)54-44-7-9-45(10-8-44,65-30-44)29-57-17-21-59(22-18-57)43(64)36-6-5-34(40(46)52-36)51-39(61)27-47-11-13-60-14-12-50-55-60/h3-6,12,14,23-26,47H,2,7-11,13,15-22,27-30H2,1H3,(H,51,61)(H,53,62)(H,54,63). The summed E-state index contributed by atoms with van der Waals surface area (Å²) in [5, 5.41) is 16.8. The summed E-state index contributed by atoms with van der Waals surface area (Å²) >= 11 is 6.40. The van der Waals surface area contributed by atoms with Crippen molar-refractivity contribution in [3.05, 3.63) is 99.2 Å². The highest BCUT2D eigenvalue weighted by Crippen LogP contribution is 2.44. The van der Waals surface area contributed by atoms with E-state index in [4.69, 9.17) is 16.3 Å². The summed E-state index contributed by atoms with van der Waals surface area (Å²) in [6, 6.07) is 10.9. The van der Waals surface area contributed by atoms with Gasteiger partial charge in [0.25, 0.3) is 17.4 Å². The van der Waals surface area contributed by atoms with Crippen LogP contribution in [0.3, 0.4) is 0 Å². The monoisotopic (exact) mass is 906 g/mol. The van der Waals surface area contributed by atoms with E-state index < -0.39 is 5.54 Å². The lowest BCUT2D eigenvalue weighted by atomic mass is 9.70. The van der Waals surface area contributed by atoms with E-state index in [1.54, 1.807) is 40.3 Å². The number of carbonyl (C=O) groups is 3. The second-order valence-electron chi connectivity index (χ2n) is 17.6. The Kier molecular flexibility index (Phi) is 13.2. The largest absolute Gasteiger partial charge is 0.371 e. The number of hydrogen-bond donors (Lipinski definition) is 4. The van der Waals surface area contributed by atoms with E-state index in [1.165, 1.54) is 0 Å². The number of aromatic nitrogens is 7. The Balaban J connectivity index is 0.687. The number of nitrogens with one attached hydrogen (secondary N) is 4. The Bertz CT molecular complexity index is 2530. The molecule has 65 heavy (non-hydrogen) atoms. The molecular formula is C45H55ClN14O5. The van der Waals surface area contributed by atoms with Crippen LogP contribution in [-0.4, -0.2) is 157 Å². The van der Waals surface area contributed by atoms with Gasteiger partial charge in [0, 0.05) is 89.9 Å². The van der Waals surface area contributed by atoms with E-state index in [9.17, 15) is 19.2 Å². The summed E-state index contributed by atoms with van der Waals surface area (Å²) < 4.78 is 8.24. The lowest BCUT2D eigenvalue weighted by Crippen LogP contribution is -2.66. The summed E-state index contributed by atoms with van der Waals surface area (Å²) in [6.45, 7) is 11.0. The Morgan fingerprint density at radius 3 is 2.38 bits per heavy atom. The normalized spacial score (nSPS) is 21.4. The van der Waals surface area contributed by atoms with Crippen molar-refractivity contribution in [1.82, 2.24) is 60.3 Å². The molecule has 1 saturated carbocycles. The van der Waals surface area contributed by atoms with Crippen LogP contribution >= 0.6 is 11.6 Å². The summed E-state index contributed by atoms with van der Waals surface area (Å²) in [5.74, 6) is -0.667. The van der Waals surface area contributed by atoms with Gasteiger partial charge in [-0.05, 0) is 74.1 Å². The smallest absolute Gasteiger partial charge is 0.272 e. The van der Waals surface area contributed by atoms with Crippen LogP contribution in [0.2, 0.25) is 5.15 Å². The summed E-state index contributed by atoms with van der Waals surface area (Å²) in [4.78, 5) is 77.0. The minimum Gasteiger partial charge on any atom is -0.371 e. The third-order valence-corrected chi connectivity index (χ3v) is 13.6. The number of aryl methyl sites for hydroxylation is 1. The molecule has 20 heteroatoms. The van der Waals surface area contributed by atoms with Crippen molar-refractivity contribution in [1.29, 1.82) is 0 Å². The Hall–Kier alpha value is -5.86. The van der Waals surface area contributed by atoms with E-state index in [-0.39, 0.29) is 46.3 Å². The zero-order valence-corrected chi connectivity index (χ0v) is 37.4. The number of pyridine rings is 4. The second kappa shape index (κ2) is 19.3. The highest BCUT2D eigenvalue weighted by atomic mass is 35.5. The van der Waals surface area contributed by atoms with Crippen molar-refractivity contribution >= 4 is 51.7 Å². The SMILES string of the molecule is CCc1cc2ncc(CN3CCN(c4ccc(C(=O)NC56CCC(CN7CCN(C(=O)c8ccc(NC(=O)CNCCn9ccnn9)c(Cl)n8)CC7)(CC5)OC6)nc4)CC3)cc2[nH]c1=O. The molecule has 0 atom stereocenters. The predicted molar refractivity (Wildman–Crippen MR) is 244 cm³/mol. The van der Waals surface area contributed by atoms with Gasteiger partial charge in [0.15, 0.2) is 5.15 Å². The maximum absolute atomic E-state index is 13.5. The quantitative estimate of drug-likeness (QED) is 0.0878. The number of H-pyrrole nitrogens is 1. The van der Waals surface area contributed by atoms with Gasteiger partial charge in [-0.25, -0.2) is 9.97 Å². The number of ether oxygens (including phenoxy) is 1. The summed E-state index contributed by atoms with van der Waals surface area (Å²) in [7, 11) is 0. The highest BCUT2D eigenvalue weighted by molar-refractivity contribution is 6.32. The number of rotatable bonds is 15. The number of hydrogen-bond acceptors (Lipinski definition) is 14. The number of fused-ring (bicyclic) bond motifs is 4. The number of nitrogens with zero attached hydrogens (tertiary/aromatic N) is 10. The molecule has 10 rings (SSSR count). The minimum atomic E-state index is -0.419. The van der Waals surface area contributed by atoms with Crippen LogP contribution in [-0.2, 0) is 29.0 Å². The first-order valence-corrected chi connectivity index (χ1v) is 22.9. The molecule has 0 radical (unpaired) electrons. The Morgan fingerprint density at radius 1 is 0.908 bits per heavy atom. The number of aromatic amines is 1.